The molecule has 0 aliphatic carbocycles. The van der Waals surface area contributed by atoms with E-state index in [1.807, 2.05) is 17.5 Å². The number of thiophene rings is 1. The number of nitrogens with one attached hydrogen (secondary N) is 1. The number of benzene rings is 1. The third-order valence-electron chi connectivity index (χ3n) is 3.54. The Balaban J connectivity index is 1.60. The molecule has 2 aromatic rings. The summed E-state index contributed by atoms with van der Waals surface area (Å²) in [6.07, 6.45) is 1.78. The van der Waals surface area contributed by atoms with Crippen molar-refractivity contribution in [2.45, 2.75) is 6.42 Å². The zero-order valence-corrected chi connectivity index (χ0v) is 13.7. The van der Waals surface area contributed by atoms with E-state index >= 15 is 0 Å². The Morgan fingerprint density at radius 2 is 2.13 bits per heavy atom. The summed E-state index contributed by atoms with van der Waals surface area (Å²) >= 11 is 7.38. The van der Waals surface area contributed by atoms with Crippen LogP contribution in [0.5, 0.6) is 0 Å². The maximum Gasteiger partial charge on any atom is 0.245 e. The van der Waals surface area contributed by atoms with Crippen molar-refractivity contribution in [1.29, 1.82) is 0 Å². The standard InChI is InChI=1S/C16H14ClN3O2S/c17-12-3-5-13(6-4-12)20-10-11(8-15(20)21)16(22)19-18-9-14-2-1-7-23-14/h1-7,9,11H,8,10H2,(H,19,22)/b18-9+/t11-/m1/s1. The number of hydrogen-bond acceptors (Lipinski definition) is 4. The van der Waals surface area contributed by atoms with Crippen LogP contribution < -0.4 is 10.3 Å². The minimum atomic E-state index is -0.404. The zero-order valence-electron chi connectivity index (χ0n) is 12.1. The molecule has 2 heterocycles. The van der Waals surface area contributed by atoms with Gasteiger partial charge in [-0.1, -0.05) is 17.7 Å². The Morgan fingerprint density at radius 3 is 2.83 bits per heavy atom. The first-order chi connectivity index (χ1) is 11.1. The molecule has 1 N–H and O–H groups in total. The van der Waals surface area contributed by atoms with Crippen molar-refractivity contribution in [2.75, 3.05) is 11.4 Å². The van der Waals surface area contributed by atoms with E-state index in [4.69, 9.17) is 11.6 Å². The van der Waals surface area contributed by atoms with Gasteiger partial charge in [-0.05, 0) is 35.7 Å². The number of anilines is 1. The second-order valence-corrected chi connectivity index (χ2v) is 6.55. The van der Waals surface area contributed by atoms with Gasteiger partial charge < -0.3 is 4.90 Å². The van der Waals surface area contributed by atoms with Gasteiger partial charge in [0.15, 0.2) is 0 Å². The summed E-state index contributed by atoms with van der Waals surface area (Å²) in [5.74, 6) is -0.726. The van der Waals surface area contributed by atoms with Gasteiger partial charge in [0.05, 0.1) is 12.1 Å². The molecule has 0 spiro atoms. The average Bonchev–Trinajstić information content (AvgIpc) is 3.18. The van der Waals surface area contributed by atoms with Crippen LogP contribution in [0.25, 0.3) is 0 Å². The fourth-order valence-corrected chi connectivity index (χ4v) is 3.08. The Morgan fingerprint density at radius 1 is 1.35 bits per heavy atom. The van der Waals surface area contributed by atoms with Crippen molar-refractivity contribution in [3.63, 3.8) is 0 Å². The third kappa shape index (κ3) is 3.78. The molecule has 23 heavy (non-hydrogen) atoms. The SMILES string of the molecule is O=C(N/N=C/c1cccs1)[C@@H]1CC(=O)N(c2ccc(Cl)cc2)C1. The fraction of sp³-hybridized carbons (Fsp3) is 0.188. The molecule has 3 rings (SSSR count). The molecule has 1 aromatic carbocycles. The molecule has 0 saturated carbocycles. The van der Waals surface area contributed by atoms with Gasteiger partial charge in [0.2, 0.25) is 11.8 Å². The first kappa shape index (κ1) is 15.7. The van der Waals surface area contributed by atoms with Crippen LogP contribution in [-0.4, -0.2) is 24.6 Å². The molecule has 2 amide bonds. The molecular formula is C16H14ClN3O2S. The summed E-state index contributed by atoms with van der Waals surface area (Å²) in [5, 5.41) is 6.47. The van der Waals surface area contributed by atoms with Crippen LogP contribution in [0.15, 0.2) is 46.9 Å². The Kier molecular flexibility index (Phi) is 4.73. The third-order valence-corrected chi connectivity index (χ3v) is 4.60. The molecule has 7 heteroatoms. The molecule has 1 aliphatic rings. The van der Waals surface area contributed by atoms with E-state index in [0.29, 0.717) is 11.6 Å². The van der Waals surface area contributed by atoms with E-state index in [1.54, 1.807) is 35.4 Å². The van der Waals surface area contributed by atoms with Gasteiger partial charge in [-0.3, -0.25) is 9.59 Å². The van der Waals surface area contributed by atoms with Crippen molar-refractivity contribution in [3.05, 3.63) is 51.7 Å². The normalized spacial score (nSPS) is 17.9. The minimum absolute atomic E-state index is 0.0743. The van der Waals surface area contributed by atoms with E-state index in [2.05, 4.69) is 10.5 Å². The largest absolute Gasteiger partial charge is 0.312 e. The molecule has 118 valence electrons. The van der Waals surface area contributed by atoms with Crippen LogP contribution in [-0.2, 0) is 9.59 Å². The topological polar surface area (TPSA) is 61.8 Å². The molecule has 0 bridgehead atoms. The van der Waals surface area contributed by atoms with Crippen molar-refractivity contribution < 1.29 is 9.59 Å². The number of halogens is 1. The van der Waals surface area contributed by atoms with Gasteiger partial charge in [0, 0.05) is 28.6 Å². The molecule has 1 aromatic heterocycles. The summed E-state index contributed by atoms with van der Waals surface area (Å²) in [6, 6.07) is 10.8. The first-order valence-electron chi connectivity index (χ1n) is 7.06. The molecule has 1 fully saturated rings. The van der Waals surface area contributed by atoms with Crippen molar-refractivity contribution in [2.24, 2.45) is 11.0 Å². The highest BCUT2D eigenvalue weighted by molar-refractivity contribution is 7.11. The molecule has 5 nitrogen and oxygen atoms in total. The van der Waals surface area contributed by atoms with Crippen molar-refractivity contribution >= 4 is 46.7 Å². The summed E-state index contributed by atoms with van der Waals surface area (Å²) in [7, 11) is 0. The molecule has 1 saturated heterocycles. The minimum Gasteiger partial charge on any atom is -0.312 e. The van der Waals surface area contributed by atoms with Gasteiger partial charge in [0.1, 0.15) is 0 Å². The monoisotopic (exact) mass is 347 g/mol. The Hall–Kier alpha value is -2.18. The lowest BCUT2D eigenvalue weighted by Crippen LogP contribution is -2.30. The number of carbonyl (C=O) groups is 2. The van der Waals surface area contributed by atoms with E-state index < -0.39 is 5.92 Å². The highest BCUT2D eigenvalue weighted by Crippen LogP contribution is 2.26. The van der Waals surface area contributed by atoms with Crippen LogP contribution in [0.4, 0.5) is 5.69 Å². The highest BCUT2D eigenvalue weighted by atomic mass is 35.5. The van der Waals surface area contributed by atoms with Crippen LogP contribution in [0.3, 0.4) is 0 Å². The zero-order chi connectivity index (χ0) is 16.2. The van der Waals surface area contributed by atoms with E-state index in [0.717, 1.165) is 10.6 Å². The summed E-state index contributed by atoms with van der Waals surface area (Å²) < 4.78 is 0. The van der Waals surface area contributed by atoms with Gasteiger partial charge in [-0.15, -0.1) is 11.3 Å². The highest BCUT2D eigenvalue weighted by Gasteiger charge is 2.35. The molecule has 0 radical (unpaired) electrons. The Labute approximate surface area is 142 Å². The van der Waals surface area contributed by atoms with Crippen LogP contribution in [0.1, 0.15) is 11.3 Å². The predicted octanol–water partition coefficient (Wildman–Crippen LogP) is 2.90. The number of hydrogen-bond donors (Lipinski definition) is 1. The van der Waals surface area contributed by atoms with E-state index in [-0.39, 0.29) is 18.2 Å². The van der Waals surface area contributed by atoms with Gasteiger partial charge in [0.25, 0.3) is 0 Å². The van der Waals surface area contributed by atoms with E-state index in [1.165, 1.54) is 11.3 Å². The lowest BCUT2D eigenvalue weighted by molar-refractivity contribution is -0.126. The lowest BCUT2D eigenvalue weighted by atomic mass is 10.1. The van der Waals surface area contributed by atoms with Crippen molar-refractivity contribution in [1.82, 2.24) is 5.43 Å². The molecule has 1 aliphatic heterocycles. The Bertz CT molecular complexity index is 728. The van der Waals surface area contributed by atoms with Gasteiger partial charge in [-0.2, -0.15) is 5.10 Å². The smallest absolute Gasteiger partial charge is 0.245 e. The quantitative estimate of drug-likeness (QED) is 0.682. The van der Waals surface area contributed by atoms with E-state index in [9.17, 15) is 9.59 Å². The molecular weight excluding hydrogens is 334 g/mol. The van der Waals surface area contributed by atoms with Crippen LogP contribution >= 0.6 is 22.9 Å². The summed E-state index contributed by atoms with van der Waals surface area (Å²) in [6.45, 7) is 0.348. The summed E-state index contributed by atoms with van der Waals surface area (Å²) in [4.78, 5) is 26.8. The number of amides is 2. The van der Waals surface area contributed by atoms with Crippen LogP contribution in [0, 0.1) is 5.92 Å². The average molecular weight is 348 g/mol. The number of rotatable bonds is 4. The van der Waals surface area contributed by atoms with Gasteiger partial charge >= 0.3 is 0 Å². The molecule has 0 unspecified atom stereocenters. The lowest BCUT2D eigenvalue weighted by Gasteiger charge is -2.16. The molecule has 1 atom stereocenters. The second-order valence-electron chi connectivity index (χ2n) is 5.13. The number of nitrogens with zero attached hydrogens (tertiary/aromatic N) is 2. The second kappa shape index (κ2) is 6.93. The fourth-order valence-electron chi connectivity index (χ4n) is 2.37. The summed E-state index contributed by atoms with van der Waals surface area (Å²) in [5.41, 5.74) is 3.25. The number of hydrazone groups is 1. The maximum atomic E-state index is 12.1. The number of carbonyl (C=O) groups excluding carboxylic acids is 2. The van der Waals surface area contributed by atoms with Gasteiger partial charge in [-0.25, -0.2) is 5.43 Å². The van der Waals surface area contributed by atoms with Crippen LogP contribution in [0.2, 0.25) is 5.02 Å². The first-order valence-corrected chi connectivity index (χ1v) is 8.31. The van der Waals surface area contributed by atoms with Crippen molar-refractivity contribution in [3.8, 4) is 0 Å². The predicted molar refractivity (Wildman–Crippen MR) is 92.0 cm³/mol. The maximum absolute atomic E-state index is 12.1.